The van der Waals surface area contributed by atoms with Gasteiger partial charge in [0.2, 0.25) is 11.8 Å². The minimum absolute atomic E-state index is 0.116. The van der Waals surface area contributed by atoms with Gasteiger partial charge in [0.1, 0.15) is 6.07 Å². The molecule has 5 heteroatoms. The van der Waals surface area contributed by atoms with Gasteiger partial charge in [-0.3, -0.25) is 9.59 Å². The maximum absolute atomic E-state index is 12.2. The van der Waals surface area contributed by atoms with Gasteiger partial charge in [0, 0.05) is 25.6 Å². The van der Waals surface area contributed by atoms with Crippen LogP contribution in [0.5, 0.6) is 0 Å². The van der Waals surface area contributed by atoms with Crippen molar-refractivity contribution in [1.82, 2.24) is 0 Å². The number of aryl methyl sites for hydroxylation is 2. The van der Waals surface area contributed by atoms with Gasteiger partial charge in [-0.15, -0.1) is 0 Å². The third kappa shape index (κ3) is 4.92. The monoisotopic (exact) mass is 335 g/mol. The summed E-state index contributed by atoms with van der Waals surface area (Å²) in [6.07, 6.45) is 0.145. The van der Waals surface area contributed by atoms with E-state index >= 15 is 0 Å². The highest BCUT2D eigenvalue weighted by atomic mass is 16.2. The Bertz CT molecular complexity index is 817. The Kier molecular flexibility index (Phi) is 5.91. The summed E-state index contributed by atoms with van der Waals surface area (Å²) in [5.74, 6) is -0.353. The molecule has 128 valence electrons. The molecule has 0 aliphatic heterocycles. The Morgan fingerprint density at radius 1 is 1.12 bits per heavy atom. The molecule has 0 saturated heterocycles. The summed E-state index contributed by atoms with van der Waals surface area (Å²) >= 11 is 0. The minimum Gasteiger partial charge on any atom is -0.325 e. The summed E-state index contributed by atoms with van der Waals surface area (Å²) < 4.78 is 0. The quantitative estimate of drug-likeness (QED) is 0.908. The molecule has 0 bridgehead atoms. The summed E-state index contributed by atoms with van der Waals surface area (Å²) in [6, 6.07) is 14.8. The fourth-order valence-corrected chi connectivity index (χ4v) is 2.69. The van der Waals surface area contributed by atoms with E-state index in [0.29, 0.717) is 11.3 Å². The highest BCUT2D eigenvalue weighted by Crippen LogP contribution is 2.20. The van der Waals surface area contributed by atoms with Crippen LogP contribution in [0.25, 0.3) is 0 Å². The summed E-state index contributed by atoms with van der Waals surface area (Å²) in [5.41, 5.74) is 3.81. The lowest BCUT2D eigenvalue weighted by Gasteiger charge is -2.22. The Morgan fingerprint density at radius 2 is 1.76 bits per heavy atom. The van der Waals surface area contributed by atoms with E-state index in [-0.39, 0.29) is 24.8 Å². The maximum Gasteiger partial charge on any atom is 0.226 e. The van der Waals surface area contributed by atoms with Gasteiger partial charge in [0.25, 0.3) is 0 Å². The number of nitriles is 1. The molecule has 1 N–H and O–H groups in total. The molecule has 0 heterocycles. The van der Waals surface area contributed by atoms with Gasteiger partial charge in [0.05, 0.1) is 11.3 Å². The number of nitrogens with one attached hydrogen (secondary N) is 1. The number of hydrogen-bond acceptors (Lipinski definition) is 3. The molecule has 2 amide bonds. The van der Waals surface area contributed by atoms with Crippen LogP contribution in [0.3, 0.4) is 0 Å². The molecule has 0 spiro atoms. The fraction of sp³-hybridized carbons (Fsp3) is 0.250. The van der Waals surface area contributed by atoms with Crippen molar-refractivity contribution in [3.05, 3.63) is 59.2 Å². The SMILES string of the molecule is CC(=O)N(CCC(=O)Nc1ccccc1C#N)c1cc(C)cc(C)c1. The third-order valence-electron chi connectivity index (χ3n) is 3.78. The van der Waals surface area contributed by atoms with Crippen LogP contribution >= 0.6 is 0 Å². The van der Waals surface area contributed by atoms with Crippen LogP contribution in [0.1, 0.15) is 30.0 Å². The lowest BCUT2D eigenvalue weighted by molar-refractivity contribution is -0.117. The molecule has 0 radical (unpaired) electrons. The van der Waals surface area contributed by atoms with E-state index in [1.54, 1.807) is 29.2 Å². The van der Waals surface area contributed by atoms with Gasteiger partial charge >= 0.3 is 0 Å². The highest BCUT2D eigenvalue weighted by Gasteiger charge is 2.15. The molecule has 2 rings (SSSR count). The largest absolute Gasteiger partial charge is 0.325 e. The van der Waals surface area contributed by atoms with Gasteiger partial charge in [-0.1, -0.05) is 18.2 Å². The van der Waals surface area contributed by atoms with Crippen LogP contribution < -0.4 is 10.2 Å². The second kappa shape index (κ2) is 8.11. The van der Waals surface area contributed by atoms with Crippen molar-refractivity contribution in [1.29, 1.82) is 5.26 Å². The van der Waals surface area contributed by atoms with Gasteiger partial charge in [-0.2, -0.15) is 5.26 Å². The van der Waals surface area contributed by atoms with Gasteiger partial charge in [-0.05, 0) is 49.2 Å². The molecule has 0 saturated carbocycles. The first-order valence-corrected chi connectivity index (χ1v) is 8.06. The van der Waals surface area contributed by atoms with Crippen LogP contribution in [0, 0.1) is 25.2 Å². The Labute approximate surface area is 147 Å². The zero-order valence-corrected chi connectivity index (χ0v) is 14.7. The topological polar surface area (TPSA) is 73.2 Å². The molecule has 0 atom stereocenters. The maximum atomic E-state index is 12.2. The van der Waals surface area contributed by atoms with Crippen LogP contribution in [-0.2, 0) is 9.59 Å². The van der Waals surface area contributed by atoms with Crippen molar-refractivity contribution in [2.45, 2.75) is 27.2 Å². The number of carbonyl (C=O) groups is 2. The molecule has 0 aliphatic rings. The predicted octanol–water partition coefficient (Wildman–Crippen LogP) is 3.56. The highest BCUT2D eigenvalue weighted by molar-refractivity contribution is 5.95. The van der Waals surface area contributed by atoms with Crippen molar-refractivity contribution >= 4 is 23.2 Å². The average molecular weight is 335 g/mol. The number of benzene rings is 2. The summed E-state index contributed by atoms with van der Waals surface area (Å²) in [5, 5.41) is 11.8. The molecule has 0 fully saturated rings. The molecule has 0 aromatic heterocycles. The molecule has 0 unspecified atom stereocenters. The van der Waals surface area contributed by atoms with E-state index < -0.39 is 0 Å². The van der Waals surface area contributed by atoms with E-state index in [1.807, 2.05) is 38.1 Å². The molecular weight excluding hydrogens is 314 g/mol. The van der Waals surface area contributed by atoms with Crippen LogP contribution in [-0.4, -0.2) is 18.4 Å². The molecule has 2 aromatic rings. The number of nitrogens with zero attached hydrogens (tertiary/aromatic N) is 2. The molecule has 25 heavy (non-hydrogen) atoms. The summed E-state index contributed by atoms with van der Waals surface area (Å²) in [4.78, 5) is 25.8. The van der Waals surface area contributed by atoms with Crippen molar-refractivity contribution in [3.63, 3.8) is 0 Å². The first-order valence-electron chi connectivity index (χ1n) is 8.06. The zero-order chi connectivity index (χ0) is 18.4. The van der Waals surface area contributed by atoms with Crippen molar-refractivity contribution in [2.24, 2.45) is 0 Å². The normalized spacial score (nSPS) is 10.0. The average Bonchev–Trinajstić information content (AvgIpc) is 2.54. The van der Waals surface area contributed by atoms with E-state index in [0.717, 1.165) is 16.8 Å². The number of anilines is 2. The number of hydrogen-bond donors (Lipinski definition) is 1. The second-order valence-electron chi connectivity index (χ2n) is 5.97. The summed E-state index contributed by atoms with van der Waals surface area (Å²) in [7, 11) is 0. The second-order valence-corrected chi connectivity index (χ2v) is 5.97. The zero-order valence-electron chi connectivity index (χ0n) is 14.7. The Morgan fingerprint density at radius 3 is 2.36 bits per heavy atom. The van der Waals surface area contributed by atoms with Gasteiger partial charge in [0.15, 0.2) is 0 Å². The van der Waals surface area contributed by atoms with Crippen molar-refractivity contribution < 1.29 is 9.59 Å². The molecule has 5 nitrogen and oxygen atoms in total. The lowest BCUT2D eigenvalue weighted by Crippen LogP contribution is -2.32. The molecular formula is C20H21N3O2. The van der Waals surface area contributed by atoms with E-state index in [9.17, 15) is 9.59 Å². The first-order chi connectivity index (χ1) is 11.9. The van der Waals surface area contributed by atoms with Gasteiger partial charge in [-0.25, -0.2) is 0 Å². The number of amides is 2. The number of para-hydroxylation sites is 1. The Hall–Kier alpha value is -3.13. The number of rotatable bonds is 5. The lowest BCUT2D eigenvalue weighted by atomic mass is 10.1. The smallest absolute Gasteiger partial charge is 0.226 e. The van der Waals surface area contributed by atoms with E-state index in [4.69, 9.17) is 5.26 Å². The minimum atomic E-state index is -0.238. The predicted molar refractivity (Wildman–Crippen MR) is 98.3 cm³/mol. The van der Waals surface area contributed by atoms with Crippen LogP contribution in [0.2, 0.25) is 0 Å². The van der Waals surface area contributed by atoms with Crippen molar-refractivity contribution in [3.8, 4) is 6.07 Å². The van der Waals surface area contributed by atoms with E-state index in [2.05, 4.69) is 5.32 Å². The number of carbonyl (C=O) groups excluding carboxylic acids is 2. The molecule has 2 aromatic carbocycles. The van der Waals surface area contributed by atoms with Crippen LogP contribution in [0.4, 0.5) is 11.4 Å². The molecule has 0 aliphatic carbocycles. The van der Waals surface area contributed by atoms with Crippen molar-refractivity contribution in [2.75, 3.05) is 16.8 Å². The standard InChI is InChI=1S/C20H21N3O2/c1-14-10-15(2)12-18(11-14)23(16(3)24)9-8-20(25)22-19-7-5-4-6-17(19)13-21/h4-7,10-12H,8-9H2,1-3H3,(H,22,25). The summed E-state index contributed by atoms with van der Waals surface area (Å²) in [6.45, 7) is 5.71. The van der Waals surface area contributed by atoms with E-state index in [1.165, 1.54) is 6.92 Å². The fourth-order valence-electron chi connectivity index (χ4n) is 2.69. The van der Waals surface area contributed by atoms with Crippen LogP contribution in [0.15, 0.2) is 42.5 Å². The third-order valence-corrected chi connectivity index (χ3v) is 3.78. The van der Waals surface area contributed by atoms with Gasteiger partial charge < -0.3 is 10.2 Å². The Balaban J connectivity index is 2.07. The first kappa shape index (κ1) is 18.2.